The molecule has 0 bridgehead atoms. The van der Waals surface area contributed by atoms with E-state index in [0.717, 1.165) is 12.1 Å². The lowest BCUT2D eigenvalue weighted by Gasteiger charge is -2.16. The number of pyridine rings is 1. The third-order valence-electron chi connectivity index (χ3n) is 3.90. The molecule has 0 N–H and O–H groups in total. The highest BCUT2D eigenvalue weighted by Gasteiger charge is 2.30. The van der Waals surface area contributed by atoms with Crippen LogP contribution in [0.25, 0.3) is 5.65 Å². The van der Waals surface area contributed by atoms with Gasteiger partial charge in [0.15, 0.2) is 6.29 Å². The van der Waals surface area contributed by atoms with E-state index in [2.05, 4.69) is 4.98 Å². The molecule has 0 unspecified atom stereocenters. The molecule has 3 aromatic rings. The number of hydrogen-bond donors (Lipinski definition) is 0. The number of rotatable bonds is 4. The normalized spacial score (nSPS) is 11.5. The van der Waals surface area contributed by atoms with Crippen LogP contribution in [0.5, 0.6) is 0 Å². The molecule has 3 rings (SSSR count). The van der Waals surface area contributed by atoms with Crippen molar-refractivity contribution in [2.75, 3.05) is 7.05 Å². The number of carbonyl (C=O) groups excluding carboxylic acids is 2. The SMILES string of the molecule is CN(Cc1cn2ccc(C(F)(F)F)cc2n1)C(=O)c1ccccc1C=O. The van der Waals surface area contributed by atoms with E-state index in [1.54, 1.807) is 24.4 Å². The van der Waals surface area contributed by atoms with Crippen LogP contribution in [0, 0.1) is 0 Å². The predicted octanol–water partition coefficient (Wildman–Crippen LogP) is 3.44. The third kappa shape index (κ3) is 3.44. The van der Waals surface area contributed by atoms with Gasteiger partial charge in [-0.2, -0.15) is 13.2 Å². The van der Waals surface area contributed by atoms with Crippen molar-refractivity contribution < 1.29 is 22.8 Å². The van der Waals surface area contributed by atoms with Crippen LogP contribution in [-0.4, -0.2) is 33.5 Å². The molecule has 0 fully saturated rings. The Hall–Kier alpha value is -3.16. The molecule has 0 aliphatic rings. The monoisotopic (exact) mass is 361 g/mol. The quantitative estimate of drug-likeness (QED) is 0.669. The summed E-state index contributed by atoms with van der Waals surface area (Å²) in [4.78, 5) is 29.1. The van der Waals surface area contributed by atoms with Gasteiger partial charge >= 0.3 is 6.18 Å². The van der Waals surface area contributed by atoms with E-state index in [1.807, 2.05) is 0 Å². The number of halogens is 3. The fourth-order valence-corrected chi connectivity index (χ4v) is 2.60. The molecule has 1 aromatic carbocycles. The number of carbonyl (C=O) groups is 2. The van der Waals surface area contributed by atoms with Crippen molar-refractivity contribution in [3.63, 3.8) is 0 Å². The van der Waals surface area contributed by atoms with Crippen LogP contribution in [0.3, 0.4) is 0 Å². The first-order valence-electron chi connectivity index (χ1n) is 7.64. The van der Waals surface area contributed by atoms with Crippen LogP contribution in [0.1, 0.15) is 32.0 Å². The van der Waals surface area contributed by atoms with E-state index < -0.39 is 11.7 Å². The third-order valence-corrected chi connectivity index (χ3v) is 3.90. The van der Waals surface area contributed by atoms with Crippen LogP contribution < -0.4 is 0 Å². The highest BCUT2D eigenvalue weighted by atomic mass is 19.4. The highest BCUT2D eigenvalue weighted by molar-refractivity contribution is 6.01. The number of alkyl halides is 3. The lowest BCUT2D eigenvalue weighted by molar-refractivity contribution is -0.137. The van der Waals surface area contributed by atoms with E-state index in [-0.39, 0.29) is 29.2 Å². The van der Waals surface area contributed by atoms with E-state index in [4.69, 9.17) is 0 Å². The van der Waals surface area contributed by atoms with Crippen molar-refractivity contribution in [1.82, 2.24) is 14.3 Å². The molecule has 0 saturated heterocycles. The molecule has 26 heavy (non-hydrogen) atoms. The molecule has 2 aromatic heterocycles. The Labute approximate surface area is 146 Å². The van der Waals surface area contributed by atoms with Crippen LogP contribution in [0.2, 0.25) is 0 Å². The lowest BCUT2D eigenvalue weighted by Crippen LogP contribution is -2.27. The number of fused-ring (bicyclic) bond motifs is 1. The minimum Gasteiger partial charge on any atom is -0.336 e. The number of aldehydes is 1. The largest absolute Gasteiger partial charge is 0.416 e. The van der Waals surface area contributed by atoms with Gasteiger partial charge in [0.1, 0.15) is 5.65 Å². The standard InChI is InChI=1S/C18H14F3N3O2/c1-23(17(26)15-5-3-2-4-12(15)11-25)9-14-10-24-7-6-13(18(19,20)21)8-16(24)22-14/h2-8,10-11H,9H2,1H3. The smallest absolute Gasteiger partial charge is 0.336 e. The zero-order chi connectivity index (χ0) is 18.9. The number of hydrogen-bond acceptors (Lipinski definition) is 3. The number of amides is 1. The van der Waals surface area contributed by atoms with E-state index in [0.29, 0.717) is 12.0 Å². The zero-order valence-corrected chi connectivity index (χ0v) is 13.7. The second-order valence-electron chi connectivity index (χ2n) is 5.78. The average Bonchev–Trinajstić information content (AvgIpc) is 3.01. The molecule has 0 saturated carbocycles. The van der Waals surface area contributed by atoms with Gasteiger partial charge in [-0.15, -0.1) is 0 Å². The summed E-state index contributed by atoms with van der Waals surface area (Å²) in [6.45, 7) is 0.0923. The fourth-order valence-electron chi connectivity index (χ4n) is 2.60. The fraction of sp³-hybridized carbons (Fsp3) is 0.167. The first-order valence-corrected chi connectivity index (χ1v) is 7.64. The summed E-state index contributed by atoms with van der Waals surface area (Å²) in [6.07, 6.45) is -1.01. The molecule has 0 atom stereocenters. The average molecular weight is 361 g/mol. The number of benzene rings is 1. The van der Waals surface area contributed by atoms with E-state index >= 15 is 0 Å². The maximum absolute atomic E-state index is 12.8. The van der Waals surface area contributed by atoms with Crippen molar-refractivity contribution in [3.8, 4) is 0 Å². The van der Waals surface area contributed by atoms with Crippen molar-refractivity contribution in [2.24, 2.45) is 0 Å². The Morgan fingerprint density at radius 1 is 1.27 bits per heavy atom. The molecule has 5 nitrogen and oxygen atoms in total. The maximum Gasteiger partial charge on any atom is 0.416 e. The lowest BCUT2D eigenvalue weighted by atomic mass is 10.1. The minimum absolute atomic E-state index is 0.0923. The Balaban J connectivity index is 1.84. The van der Waals surface area contributed by atoms with Gasteiger partial charge < -0.3 is 9.30 Å². The summed E-state index contributed by atoms with van der Waals surface area (Å²) in [5, 5.41) is 0. The molecule has 0 aliphatic carbocycles. The number of nitrogens with zero attached hydrogens (tertiary/aromatic N) is 3. The molecule has 0 aliphatic heterocycles. The molecule has 134 valence electrons. The topological polar surface area (TPSA) is 54.7 Å². The minimum atomic E-state index is -4.45. The summed E-state index contributed by atoms with van der Waals surface area (Å²) in [5.74, 6) is -0.374. The molecular weight excluding hydrogens is 347 g/mol. The van der Waals surface area contributed by atoms with Gasteiger partial charge in [0.2, 0.25) is 0 Å². The van der Waals surface area contributed by atoms with Crippen LogP contribution in [-0.2, 0) is 12.7 Å². The maximum atomic E-state index is 12.8. The summed E-state index contributed by atoms with van der Waals surface area (Å²) in [6, 6.07) is 8.30. The van der Waals surface area contributed by atoms with Crippen molar-refractivity contribution in [2.45, 2.75) is 12.7 Å². The van der Waals surface area contributed by atoms with Crippen molar-refractivity contribution in [1.29, 1.82) is 0 Å². The Bertz CT molecular complexity index is 979. The van der Waals surface area contributed by atoms with E-state index in [9.17, 15) is 22.8 Å². The molecule has 2 heterocycles. The van der Waals surface area contributed by atoms with Gasteiger partial charge in [-0.25, -0.2) is 4.98 Å². The molecule has 0 radical (unpaired) electrons. The van der Waals surface area contributed by atoms with Crippen LogP contribution in [0.4, 0.5) is 13.2 Å². The molecule has 1 amide bonds. The first kappa shape index (κ1) is 17.7. The van der Waals surface area contributed by atoms with Gasteiger partial charge in [-0.3, -0.25) is 9.59 Å². The zero-order valence-electron chi connectivity index (χ0n) is 13.7. The van der Waals surface area contributed by atoms with Gasteiger partial charge in [0, 0.05) is 25.0 Å². The van der Waals surface area contributed by atoms with E-state index in [1.165, 1.54) is 28.6 Å². The van der Waals surface area contributed by atoms with Gasteiger partial charge in [-0.05, 0) is 18.2 Å². The van der Waals surface area contributed by atoms with Gasteiger partial charge in [0.05, 0.1) is 23.4 Å². The van der Waals surface area contributed by atoms with Gasteiger partial charge in [-0.1, -0.05) is 18.2 Å². The Kier molecular flexibility index (Phi) is 4.50. The summed E-state index contributed by atoms with van der Waals surface area (Å²) < 4.78 is 39.8. The summed E-state index contributed by atoms with van der Waals surface area (Å²) >= 11 is 0. The van der Waals surface area contributed by atoms with Crippen LogP contribution in [0.15, 0.2) is 48.8 Å². The summed E-state index contributed by atoms with van der Waals surface area (Å²) in [5.41, 5.74) is 0.321. The second kappa shape index (κ2) is 6.62. The predicted molar refractivity (Wildman–Crippen MR) is 87.8 cm³/mol. The Morgan fingerprint density at radius 2 is 2.00 bits per heavy atom. The number of imidazole rings is 1. The van der Waals surface area contributed by atoms with Gasteiger partial charge in [0.25, 0.3) is 5.91 Å². The molecular formula is C18H14F3N3O2. The number of aromatic nitrogens is 2. The molecule has 0 spiro atoms. The molecule has 8 heteroatoms. The highest BCUT2D eigenvalue weighted by Crippen LogP contribution is 2.29. The first-order chi connectivity index (χ1) is 12.3. The van der Waals surface area contributed by atoms with Crippen LogP contribution >= 0.6 is 0 Å². The summed E-state index contributed by atoms with van der Waals surface area (Å²) in [7, 11) is 1.54. The van der Waals surface area contributed by atoms with Crippen molar-refractivity contribution in [3.05, 3.63) is 71.2 Å². The Morgan fingerprint density at radius 3 is 2.69 bits per heavy atom. The second-order valence-corrected chi connectivity index (χ2v) is 5.78. The van der Waals surface area contributed by atoms with Crippen molar-refractivity contribution >= 4 is 17.8 Å².